The molecule has 5 heteroatoms. The quantitative estimate of drug-likeness (QED) is 0.666. The molecule has 0 bridgehead atoms. The van der Waals surface area contributed by atoms with Crippen molar-refractivity contribution in [2.75, 3.05) is 6.54 Å². The number of aromatic nitrogens is 1. The molecule has 0 spiro atoms. The summed E-state index contributed by atoms with van der Waals surface area (Å²) in [5.41, 5.74) is 1.77. The number of Topliss-reactive ketones (excluding diaryl/α,β-unsaturated/α-hetero) is 1. The molecule has 1 atom stereocenters. The van der Waals surface area contributed by atoms with E-state index >= 15 is 0 Å². The molecule has 1 aliphatic carbocycles. The molecule has 1 aromatic carbocycles. The van der Waals surface area contributed by atoms with Crippen LogP contribution in [0.15, 0.2) is 48.8 Å². The van der Waals surface area contributed by atoms with E-state index in [1.165, 1.54) is 37.4 Å². The van der Waals surface area contributed by atoms with E-state index in [1.807, 2.05) is 12.1 Å². The molecule has 1 saturated carbocycles. The molecule has 0 aliphatic heterocycles. The lowest BCUT2D eigenvalue weighted by Gasteiger charge is -2.24. The van der Waals surface area contributed by atoms with E-state index in [4.69, 9.17) is 11.6 Å². The number of ketones is 1. The lowest BCUT2D eigenvalue weighted by atomic mass is 9.84. The fourth-order valence-corrected chi connectivity index (χ4v) is 3.96. The first-order chi connectivity index (χ1) is 13.1. The molecule has 0 saturated heterocycles. The minimum absolute atomic E-state index is 0.0525. The fourth-order valence-electron chi connectivity index (χ4n) is 3.84. The van der Waals surface area contributed by atoms with Crippen molar-refractivity contribution in [3.63, 3.8) is 0 Å². The Kier molecular flexibility index (Phi) is 6.99. The summed E-state index contributed by atoms with van der Waals surface area (Å²) >= 11 is 6.02. The normalized spacial score (nSPS) is 15.4. The molecule has 1 unspecified atom stereocenters. The number of nitrogens with one attached hydrogen (secondary N) is 1. The molecule has 1 aliphatic rings. The summed E-state index contributed by atoms with van der Waals surface area (Å²) < 4.78 is 0. The monoisotopic (exact) mass is 384 g/mol. The molecule has 142 valence electrons. The van der Waals surface area contributed by atoms with Crippen molar-refractivity contribution in [3.05, 3.63) is 64.9 Å². The number of carbonyl (C=O) groups excluding carboxylic acids is 2. The van der Waals surface area contributed by atoms with E-state index in [0.29, 0.717) is 23.9 Å². The van der Waals surface area contributed by atoms with Crippen LogP contribution >= 0.6 is 11.6 Å². The zero-order valence-electron chi connectivity index (χ0n) is 15.4. The Balaban J connectivity index is 1.54. The fraction of sp³-hybridized carbons (Fsp3) is 0.409. The van der Waals surface area contributed by atoms with Gasteiger partial charge in [0.1, 0.15) is 0 Å². The summed E-state index contributed by atoms with van der Waals surface area (Å²) in [4.78, 5) is 28.3. The molecule has 3 rings (SSSR count). The van der Waals surface area contributed by atoms with Gasteiger partial charge < -0.3 is 5.32 Å². The van der Waals surface area contributed by atoms with Crippen LogP contribution in [0, 0.1) is 5.92 Å². The van der Waals surface area contributed by atoms with E-state index < -0.39 is 0 Å². The number of rotatable bonds is 8. The van der Waals surface area contributed by atoms with Gasteiger partial charge in [-0.15, -0.1) is 0 Å². The lowest BCUT2D eigenvalue weighted by molar-refractivity contribution is -0.121. The van der Waals surface area contributed by atoms with Gasteiger partial charge in [0, 0.05) is 48.3 Å². The van der Waals surface area contributed by atoms with Crippen LogP contribution in [-0.4, -0.2) is 23.2 Å². The van der Waals surface area contributed by atoms with Crippen LogP contribution in [0.1, 0.15) is 60.4 Å². The molecule has 0 radical (unpaired) electrons. The maximum atomic E-state index is 12.3. The first kappa shape index (κ1) is 19.6. The SMILES string of the molecule is O=C(CCC(=O)c1cccnc1)NCC(c1ccc(Cl)cc1)C1CCCC1. The molecular weight excluding hydrogens is 360 g/mol. The molecular formula is C22H25ClN2O2. The molecule has 1 aromatic heterocycles. The molecule has 1 amide bonds. The van der Waals surface area contributed by atoms with Gasteiger partial charge in [0.2, 0.25) is 5.91 Å². The largest absolute Gasteiger partial charge is 0.355 e. The zero-order chi connectivity index (χ0) is 19.1. The summed E-state index contributed by atoms with van der Waals surface area (Å²) in [6, 6.07) is 11.4. The highest BCUT2D eigenvalue weighted by Gasteiger charge is 2.26. The lowest BCUT2D eigenvalue weighted by Crippen LogP contribution is -2.31. The van der Waals surface area contributed by atoms with Crippen molar-refractivity contribution in [2.24, 2.45) is 5.92 Å². The third-order valence-corrected chi connectivity index (χ3v) is 5.60. The zero-order valence-corrected chi connectivity index (χ0v) is 16.1. The second kappa shape index (κ2) is 9.65. The van der Waals surface area contributed by atoms with Crippen molar-refractivity contribution < 1.29 is 9.59 Å². The Bertz CT molecular complexity index is 756. The van der Waals surface area contributed by atoms with Gasteiger partial charge in [-0.25, -0.2) is 0 Å². The van der Waals surface area contributed by atoms with Crippen molar-refractivity contribution in [1.29, 1.82) is 0 Å². The standard InChI is InChI=1S/C22H25ClN2O2/c23-19-9-7-17(8-10-19)20(16-4-1-2-5-16)15-25-22(27)12-11-21(26)18-6-3-13-24-14-18/h3,6-10,13-14,16,20H,1-2,4-5,11-12,15H2,(H,25,27). The third kappa shape index (κ3) is 5.64. The van der Waals surface area contributed by atoms with Crippen molar-refractivity contribution in [3.8, 4) is 0 Å². The van der Waals surface area contributed by atoms with Gasteiger partial charge >= 0.3 is 0 Å². The topological polar surface area (TPSA) is 59.1 Å². The van der Waals surface area contributed by atoms with E-state index in [1.54, 1.807) is 18.3 Å². The molecule has 4 nitrogen and oxygen atoms in total. The number of nitrogens with zero attached hydrogens (tertiary/aromatic N) is 1. The number of halogens is 1. The van der Waals surface area contributed by atoms with Crippen LogP contribution in [0.2, 0.25) is 5.02 Å². The van der Waals surface area contributed by atoms with E-state index in [0.717, 1.165) is 5.02 Å². The van der Waals surface area contributed by atoms with Gasteiger partial charge in [0.05, 0.1) is 0 Å². The first-order valence-corrected chi connectivity index (χ1v) is 9.96. The first-order valence-electron chi connectivity index (χ1n) is 9.59. The van der Waals surface area contributed by atoms with Crippen LogP contribution in [0.4, 0.5) is 0 Å². The molecule has 27 heavy (non-hydrogen) atoms. The highest BCUT2D eigenvalue weighted by molar-refractivity contribution is 6.30. The van der Waals surface area contributed by atoms with E-state index in [2.05, 4.69) is 22.4 Å². The highest BCUT2D eigenvalue weighted by Crippen LogP contribution is 2.37. The maximum absolute atomic E-state index is 12.3. The molecule has 1 heterocycles. The highest BCUT2D eigenvalue weighted by atomic mass is 35.5. The molecule has 1 N–H and O–H groups in total. The smallest absolute Gasteiger partial charge is 0.220 e. The van der Waals surface area contributed by atoms with Crippen molar-refractivity contribution in [1.82, 2.24) is 10.3 Å². The minimum Gasteiger partial charge on any atom is -0.355 e. The number of hydrogen-bond donors (Lipinski definition) is 1. The number of pyridine rings is 1. The van der Waals surface area contributed by atoms with Crippen LogP contribution in [0.3, 0.4) is 0 Å². The summed E-state index contributed by atoms with van der Waals surface area (Å²) in [6.07, 6.45) is 8.47. The van der Waals surface area contributed by atoms with Crippen LogP contribution < -0.4 is 5.32 Å². The Hall–Kier alpha value is -2.20. The Morgan fingerprint density at radius 3 is 2.52 bits per heavy atom. The van der Waals surface area contributed by atoms with Gasteiger partial charge in [0.15, 0.2) is 5.78 Å². The summed E-state index contributed by atoms with van der Waals surface area (Å²) in [6.45, 7) is 0.603. The van der Waals surface area contributed by atoms with Gasteiger partial charge in [-0.1, -0.05) is 36.6 Å². The average Bonchev–Trinajstić information content (AvgIpc) is 3.23. The second-order valence-corrected chi connectivity index (χ2v) is 7.61. The predicted octanol–water partition coefficient (Wildman–Crippen LogP) is 4.79. The average molecular weight is 385 g/mol. The minimum atomic E-state index is -0.0794. The Labute approximate surface area is 165 Å². The van der Waals surface area contributed by atoms with E-state index in [9.17, 15) is 9.59 Å². The summed E-state index contributed by atoms with van der Waals surface area (Å²) in [5.74, 6) is 0.749. The van der Waals surface area contributed by atoms with E-state index in [-0.39, 0.29) is 24.5 Å². The summed E-state index contributed by atoms with van der Waals surface area (Å²) in [5, 5.41) is 3.76. The Morgan fingerprint density at radius 2 is 1.85 bits per heavy atom. The molecule has 2 aromatic rings. The van der Waals surface area contributed by atoms with Crippen molar-refractivity contribution >= 4 is 23.3 Å². The van der Waals surface area contributed by atoms with Gasteiger partial charge in [-0.2, -0.15) is 0 Å². The Morgan fingerprint density at radius 1 is 1.11 bits per heavy atom. The van der Waals surface area contributed by atoms with Crippen LogP contribution in [-0.2, 0) is 4.79 Å². The number of amides is 1. The van der Waals surface area contributed by atoms with Crippen LogP contribution in [0.5, 0.6) is 0 Å². The second-order valence-electron chi connectivity index (χ2n) is 7.17. The van der Waals surface area contributed by atoms with Gasteiger partial charge in [-0.05, 0) is 48.6 Å². The van der Waals surface area contributed by atoms with Gasteiger partial charge in [-0.3, -0.25) is 14.6 Å². The maximum Gasteiger partial charge on any atom is 0.220 e. The third-order valence-electron chi connectivity index (χ3n) is 5.35. The molecule has 1 fully saturated rings. The number of benzene rings is 1. The van der Waals surface area contributed by atoms with Gasteiger partial charge in [0.25, 0.3) is 0 Å². The number of hydrogen-bond acceptors (Lipinski definition) is 3. The number of carbonyl (C=O) groups is 2. The van der Waals surface area contributed by atoms with Crippen molar-refractivity contribution in [2.45, 2.75) is 44.4 Å². The summed E-state index contributed by atoms with van der Waals surface area (Å²) in [7, 11) is 0. The van der Waals surface area contributed by atoms with Crippen LogP contribution in [0.25, 0.3) is 0 Å². The predicted molar refractivity (Wildman–Crippen MR) is 107 cm³/mol.